The normalized spacial score (nSPS) is 20.6. The van der Waals surface area contributed by atoms with E-state index in [-0.39, 0.29) is 11.3 Å². The first-order valence-electron chi connectivity index (χ1n) is 7.73. The second kappa shape index (κ2) is 5.47. The number of sulfonamides is 1. The summed E-state index contributed by atoms with van der Waals surface area (Å²) in [6, 6.07) is 8.24. The summed E-state index contributed by atoms with van der Waals surface area (Å²) in [7, 11) is -3.07. The van der Waals surface area contributed by atoms with E-state index >= 15 is 0 Å². The standard InChI is InChI=1S/C15H19N3O2S2/c19-22(20,12-5-6-12)17-11-7-9-18(10-8-11)15-16-13-3-1-2-4-14(13)21-15/h1-4,11-12,17H,5-10H2. The van der Waals surface area contributed by atoms with Crippen LogP contribution in [0.5, 0.6) is 0 Å². The molecule has 1 N–H and O–H groups in total. The Balaban J connectivity index is 1.41. The van der Waals surface area contributed by atoms with Crippen LogP contribution >= 0.6 is 11.3 Å². The van der Waals surface area contributed by atoms with E-state index in [0.717, 1.165) is 49.4 Å². The molecule has 118 valence electrons. The van der Waals surface area contributed by atoms with Crippen LogP contribution in [0.25, 0.3) is 10.2 Å². The molecule has 0 bridgehead atoms. The van der Waals surface area contributed by atoms with Gasteiger partial charge >= 0.3 is 0 Å². The van der Waals surface area contributed by atoms with Gasteiger partial charge in [0.1, 0.15) is 0 Å². The van der Waals surface area contributed by atoms with Gasteiger partial charge in [0.25, 0.3) is 0 Å². The van der Waals surface area contributed by atoms with Crippen LogP contribution < -0.4 is 9.62 Å². The molecule has 0 radical (unpaired) electrons. The van der Waals surface area contributed by atoms with Crippen LogP contribution in [0.1, 0.15) is 25.7 Å². The molecule has 0 spiro atoms. The number of hydrogen-bond donors (Lipinski definition) is 1. The lowest BCUT2D eigenvalue weighted by Gasteiger charge is -2.31. The van der Waals surface area contributed by atoms with Gasteiger partial charge in [-0.05, 0) is 37.8 Å². The molecule has 1 aliphatic carbocycles. The maximum atomic E-state index is 12.0. The molecule has 1 aromatic carbocycles. The Morgan fingerprint density at radius 1 is 1.14 bits per heavy atom. The monoisotopic (exact) mass is 337 g/mol. The zero-order valence-electron chi connectivity index (χ0n) is 12.2. The highest BCUT2D eigenvalue weighted by Gasteiger charge is 2.37. The number of piperidine rings is 1. The minimum Gasteiger partial charge on any atom is -0.348 e. The summed E-state index contributed by atoms with van der Waals surface area (Å²) in [4.78, 5) is 6.95. The van der Waals surface area contributed by atoms with Crippen molar-refractivity contribution in [3.63, 3.8) is 0 Å². The van der Waals surface area contributed by atoms with Gasteiger partial charge in [-0.3, -0.25) is 0 Å². The molecule has 2 aromatic rings. The quantitative estimate of drug-likeness (QED) is 0.930. The van der Waals surface area contributed by atoms with Crippen LogP contribution in [0, 0.1) is 0 Å². The van der Waals surface area contributed by atoms with Gasteiger partial charge in [-0.2, -0.15) is 0 Å². The van der Waals surface area contributed by atoms with Crippen molar-refractivity contribution >= 4 is 36.7 Å². The molecule has 1 saturated heterocycles. The van der Waals surface area contributed by atoms with Gasteiger partial charge in [0, 0.05) is 19.1 Å². The third-order valence-corrected chi connectivity index (χ3v) is 7.45. The molecule has 2 fully saturated rings. The third kappa shape index (κ3) is 2.85. The topological polar surface area (TPSA) is 62.3 Å². The zero-order chi connectivity index (χ0) is 15.2. The van der Waals surface area contributed by atoms with Gasteiger partial charge in [0.2, 0.25) is 10.0 Å². The zero-order valence-corrected chi connectivity index (χ0v) is 13.9. The minimum absolute atomic E-state index is 0.0798. The van der Waals surface area contributed by atoms with Crippen LogP contribution in [0.4, 0.5) is 5.13 Å². The summed E-state index contributed by atoms with van der Waals surface area (Å²) < 4.78 is 28.1. The fourth-order valence-corrected chi connectivity index (χ4v) is 5.56. The summed E-state index contributed by atoms with van der Waals surface area (Å²) in [5, 5.41) is 0.916. The Hall–Kier alpha value is -1.18. The number of fused-ring (bicyclic) bond motifs is 1. The average molecular weight is 337 g/mol. The molecular formula is C15H19N3O2S2. The van der Waals surface area contributed by atoms with Crippen molar-refractivity contribution in [1.82, 2.24) is 9.71 Å². The molecule has 22 heavy (non-hydrogen) atoms. The van der Waals surface area contributed by atoms with Crippen molar-refractivity contribution in [2.24, 2.45) is 0 Å². The highest BCUT2D eigenvalue weighted by molar-refractivity contribution is 7.90. The van der Waals surface area contributed by atoms with Gasteiger partial charge in [0.15, 0.2) is 5.13 Å². The number of benzene rings is 1. The van der Waals surface area contributed by atoms with Gasteiger partial charge in [-0.1, -0.05) is 23.5 Å². The lowest BCUT2D eigenvalue weighted by molar-refractivity contribution is 0.459. The van der Waals surface area contributed by atoms with Gasteiger partial charge < -0.3 is 4.90 Å². The highest BCUT2D eigenvalue weighted by Crippen LogP contribution is 2.31. The number of para-hydroxylation sites is 1. The molecule has 2 heterocycles. The number of aromatic nitrogens is 1. The lowest BCUT2D eigenvalue weighted by Crippen LogP contribution is -2.45. The molecule has 1 aliphatic heterocycles. The van der Waals surface area contributed by atoms with E-state index in [0.29, 0.717) is 0 Å². The summed E-state index contributed by atoms with van der Waals surface area (Å²) in [6.45, 7) is 1.72. The molecule has 0 amide bonds. The fourth-order valence-electron chi connectivity index (χ4n) is 2.89. The van der Waals surface area contributed by atoms with Crippen molar-refractivity contribution in [1.29, 1.82) is 0 Å². The van der Waals surface area contributed by atoms with Gasteiger partial charge in [0.05, 0.1) is 15.5 Å². The molecule has 0 unspecified atom stereocenters. The van der Waals surface area contributed by atoms with Crippen molar-refractivity contribution in [2.75, 3.05) is 18.0 Å². The predicted octanol–water partition coefficient (Wildman–Crippen LogP) is 2.35. The molecule has 0 atom stereocenters. The Bertz CT molecular complexity index is 742. The van der Waals surface area contributed by atoms with E-state index in [1.54, 1.807) is 11.3 Å². The van der Waals surface area contributed by atoms with Crippen LogP contribution in [-0.4, -0.2) is 37.8 Å². The number of hydrogen-bond acceptors (Lipinski definition) is 5. The van der Waals surface area contributed by atoms with E-state index in [9.17, 15) is 8.42 Å². The predicted molar refractivity (Wildman–Crippen MR) is 89.9 cm³/mol. The first-order valence-corrected chi connectivity index (χ1v) is 10.1. The van der Waals surface area contributed by atoms with Crippen molar-refractivity contribution in [3.05, 3.63) is 24.3 Å². The molecule has 1 aromatic heterocycles. The Labute approximate surface area is 134 Å². The third-order valence-electron chi connectivity index (χ3n) is 4.34. The molecule has 7 heteroatoms. The van der Waals surface area contributed by atoms with Crippen LogP contribution in [0.3, 0.4) is 0 Å². The van der Waals surface area contributed by atoms with Crippen LogP contribution in [-0.2, 0) is 10.0 Å². The highest BCUT2D eigenvalue weighted by atomic mass is 32.2. The van der Waals surface area contributed by atoms with Gasteiger partial charge in [-0.15, -0.1) is 0 Å². The first kappa shape index (κ1) is 14.4. The Morgan fingerprint density at radius 3 is 2.55 bits per heavy atom. The van der Waals surface area contributed by atoms with Gasteiger partial charge in [-0.25, -0.2) is 18.1 Å². The molecule has 1 saturated carbocycles. The van der Waals surface area contributed by atoms with Crippen molar-refractivity contribution in [2.45, 2.75) is 37.0 Å². The van der Waals surface area contributed by atoms with Crippen LogP contribution in [0.15, 0.2) is 24.3 Å². The largest absolute Gasteiger partial charge is 0.348 e. The van der Waals surface area contributed by atoms with Crippen molar-refractivity contribution < 1.29 is 8.42 Å². The lowest BCUT2D eigenvalue weighted by atomic mass is 10.1. The Kier molecular flexibility index (Phi) is 3.58. The maximum absolute atomic E-state index is 12.0. The average Bonchev–Trinajstić information content (AvgIpc) is 3.28. The maximum Gasteiger partial charge on any atom is 0.214 e. The molecule has 4 rings (SSSR count). The summed E-state index contributed by atoms with van der Waals surface area (Å²) in [6.07, 6.45) is 3.34. The van der Waals surface area contributed by atoms with E-state index in [2.05, 4.69) is 20.7 Å². The summed E-state index contributed by atoms with van der Waals surface area (Å²) in [5.74, 6) is 0. The number of rotatable bonds is 4. The number of anilines is 1. The minimum atomic E-state index is -3.07. The summed E-state index contributed by atoms with van der Waals surface area (Å²) in [5.41, 5.74) is 1.04. The molecule has 2 aliphatic rings. The fraction of sp³-hybridized carbons (Fsp3) is 0.533. The van der Waals surface area contributed by atoms with E-state index in [1.165, 1.54) is 4.70 Å². The second-order valence-corrected chi connectivity index (χ2v) is 9.09. The number of nitrogens with one attached hydrogen (secondary N) is 1. The van der Waals surface area contributed by atoms with Crippen LogP contribution in [0.2, 0.25) is 0 Å². The number of nitrogens with zero attached hydrogens (tertiary/aromatic N) is 2. The SMILES string of the molecule is O=S(=O)(NC1CCN(c2nc3ccccc3s2)CC1)C1CC1. The van der Waals surface area contributed by atoms with E-state index in [4.69, 9.17) is 0 Å². The van der Waals surface area contributed by atoms with Crippen molar-refractivity contribution in [3.8, 4) is 0 Å². The molecule has 5 nitrogen and oxygen atoms in total. The van der Waals surface area contributed by atoms with E-state index < -0.39 is 10.0 Å². The Morgan fingerprint density at radius 2 is 1.86 bits per heavy atom. The van der Waals surface area contributed by atoms with E-state index in [1.807, 2.05) is 18.2 Å². The smallest absolute Gasteiger partial charge is 0.214 e. The first-order chi connectivity index (χ1) is 10.6. The second-order valence-electron chi connectivity index (χ2n) is 6.09. The molecular weight excluding hydrogens is 318 g/mol. The number of thiazole rings is 1. The summed E-state index contributed by atoms with van der Waals surface area (Å²) >= 11 is 1.71.